The second-order valence-corrected chi connectivity index (χ2v) is 7.23. The molecule has 0 spiro atoms. The number of carbonyl (C=O) groups is 1. The summed E-state index contributed by atoms with van der Waals surface area (Å²) in [6, 6.07) is 0. The zero-order valence-electron chi connectivity index (χ0n) is 13.3. The molecule has 1 saturated heterocycles. The van der Waals surface area contributed by atoms with Crippen LogP contribution < -0.4 is 5.73 Å². The smallest absolute Gasteiger partial charge is 0.226 e. The van der Waals surface area contributed by atoms with Crippen molar-refractivity contribution in [2.24, 2.45) is 17.1 Å². The van der Waals surface area contributed by atoms with Gasteiger partial charge >= 0.3 is 0 Å². The highest BCUT2D eigenvalue weighted by molar-refractivity contribution is 5.79. The van der Waals surface area contributed by atoms with Crippen molar-refractivity contribution in [2.45, 2.75) is 45.6 Å². The van der Waals surface area contributed by atoms with Crippen LogP contribution in [0.25, 0.3) is 0 Å². The predicted molar refractivity (Wildman–Crippen MR) is 79.3 cm³/mol. The van der Waals surface area contributed by atoms with Crippen LogP contribution in [0.3, 0.4) is 0 Å². The summed E-state index contributed by atoms with van der Waals surface area (Å²) < 4.78 is 5.26. The SMILES string of the molecule is CN(CC1(O)CCOCC1)C(=O)C(CN)CC(C)(C)C. The molecule has 1 aliphatic rings. The van der Waals surface area contributed by atoms with Crippen LogP contribution >= 0.6 is 0 Å². The molecule has 118 valence electrons. The zero-order valence-corrected chi connectivity index (χ0v) is 13.3. The molecule has 0 aromatic carbocycles. The van der Waals surface area contributed by atoms with Gasteiger partial charge in [-0.3, -0.25) is 4.79 Å². The Balaban J connectivity index is 2.60. The Morgan fingerprint density at radius 3 is 2.40 bits per heavy atom. The van der Waals surface area contributed by atoms with Gasteiger partial charge in [-0.25, -0.2) is 0 Å². The molecule has 3 N–H and O–H groups in total. The fourth-order valence-corrected chi connectivity index (χ4v) is 2.75. The molecule has 1 fully saturated rings. The van der Waals surface area contributed by atoms with Crippen LogP contribution in [0.2, 0.25) is 0 Å². The molecule has 1 rings (SSSR count). The molecule has 0 saturated carbocycles. The minimum absolute atomic E-state index is 0.0299. The summed E-state index contributed by atoms with van der Waals surface area (Å²) in [5, 5.41) is 10.5. The van der Waals surface area contributed by atoms with Crippen molar-refractivity contribution in [3.63, 3.8) is 0 Å². The Labute approximate surface area is 122 Å². The van der Waals surface area contributed by atoms with E-state index < -0.39 is 5.60 Å². The fourth-order valence-electron chi connectivity index (χ4n) is 2.75. The van der Waals surface area contributed by atoms with Gasteiger partial charge in [0.25, 0.3) is 0 Å². The van der Waals surface area contributed by atoms with Crippen molar-refractivity contribution < 1.29 is 14.6 Å². The van der Waals surface area contributed by atoms with Gasteiger partial charge in [0.2, 0.25) is 5.91 Å². The van der Waals surface area contributed by atoms with Crippen molar-refractivity contribution in [3.8, 4) is 0 Å². The van der Waals surface area contributed by atoms with E-state index in [9.17, 15) is 9.90 Å². The summed E-state index contributed by atoms with van der Waals surface area (Å²) in [6.45, 7) is 8.14. The standard InChI is InChI=1S/C15H30N2O3/c1-14(2,3)9-12(10-16)13(18)17(4)11-15(19)5-7-20-8-6-15/h12,19H,5-11,16H2,1-4H3. The predicted octanol–water partition coefficient (Wildman–Crippen LogP) is 0.997. The quantitative estimate of drug-likeness (QED) is 0.790. The molecular formula is C15H30N2O3. The monoisotopic (exact) mass is 286 g/mol. The molecule has 1 atom stereocenters. The maximum absolute atomic E-state index is 12.5. The second-order valence-electron chi connectivity index (χ2n) is 7.23. The highest BCUT2D eigenvalue weighted by Crippen LogP contribution is 2.26. The maximum atomic E-state index is 12.5. The Morgan fingerprint density at radius 2 is 1.95 bits per heavy atom. The van der Waals surface area contributed by atoms with Gasteiger partial charge in [0.05, 0.1) is 11.5 Å². The summed E-state index contributed by atoms with van der Waals surface area (Å²) in [5.74, 6) is -0.147. The van der Waals surface area contributed by atoms with E-state index in [4.69, 9.17) is 10.5 Å². The van der Waals surface area contributed by atoms with Crippen molar-refractivity contribution >= 4 is 5.91 Å². The number of carbonyl (C=O) groups excluding carboxylic acids is 1. The lowest BCUT2D eigenvalue weighted by atomic mass is 9.84. The number of nitrogens with zero attached hydrogens (tertiary/aromatic N) is 1. The lowest BCUT2D eigenvalue weighted by molar-refractivity contribution is -0.141. The van der Waals surface area contributed by atoms with Gasteiger partial charge in [-0.05, 0) is 11.8 Å². The summed E-state index contributed by atoms with van der Waals surface area (Å²) >= 11 is 0. The van der Waals surface area contributed by atoms with Crippen LogP contribution in [0.4, 0.5) is 0 Å². The van der Waals surface area contributed by atoms with Gasteiger partial charge in [-0.15, -0.1) is 0 Å². The van der Waals surface area contributed by atoms with Crippen LogP contribution in [0.15, 0.2) is 0 Å². The third-order valence-corrected chi connectivity index (χ3v) is 3.82. The van der Waals surface area contributed by atoms with Gasteiger partial charge in [-0.2, -0.15) is 0 Å². The van der Waals surface area contributed by atoms with E-state index in [1.165, 1.54) is 0 Å². The van der Waals surface area contributed by atoms with Gasteiger partial charge in [0, 0.05) is 46.2 Å². The molecule has 0 aromatic heterocycles. The van der Waals surface area contributed by atoms with Gasteiger partial charge < -0.3 is 20.5 Å². The average molecular weight is 286 g/mol. The van der Waals surface area contributed by atoms with Crippen molar-refractivity contribution in [1.82, 2.24) is 4.90 Å². The van der Waals surface area contributed by atoms with Crippen LogP contribution in [0.5, 0.6) is 0 Å². The van der Waals surface area contributed by atoms with E-state index in [0.717, 1.165) is 6.42 Å². The molecule has 1 unspecified atom stereocenters. The lowest BCUT2D eigenvalue weighted by Gasteiger charge is -2.37. The molecule has 1 heterocycles. The number of hydrogen-bond acceptors (Lipinski definition) is 4. The number of aliphatic hydroxyl groups is 1. The number of ether oxygens (including phenoxy) is 1. The molecule has 0 radical (unpaired) electrons. The summed E-state index contributed by atoms with van der Waals surface area (Å²) in [6.07, 6.45) is 1.92. The Morgan fingerprint density at radius 1 is 1.40 bits per heavy atom. The van der Waals surface area contributed by atoms with E-state index in [-0.39, 0.29) is 17.2 Å². The van der Waals surface area contributed by atoms with E-state index in [0.29, 0.717) is 39.1 Å². The number of rotatable bonds is 5. The largest absolute Gasteiger partial charge is 0.388 e. The Kier molecular flexibility index (Phi) is 5.98. The molecule has 5 nitrogen and oxygen atoms in total. The number of amides is 1. The first-order chi connectivity index (χ1) is 9.17. The third-order valence-electron chi connectivity index (χ3n) is 3.82. The van der Waals surface area contributed by atoms with Gasteiger partial charge in [-0.1, -0.05) is 20.8 Å². The van der Waals surface area contributed by atoms with Gasteiger partial charge in [0.1, 0.15) is 0 Å². The molecule has 0 bridgehead atoms. The first kappa shape index (κ1) is 17.4. The van der Waals surface area contributed by atoms with E-state index in [1.54, 1.807) is 11.9 Å². The minimum atomic E-state index is -0.816. The van der Waals surface area contributed by atoms with E-state index in [1.807, 2.05) is 0 Å². The molecule has 0 aliphatic carbocycles. The molecule has 1 amide bonds. The van der Waals surface area contributed by atoms with E-state index in [2.05, 4.69) is 20.8 Å². The number of hydrogen-bond donors (Lipinski definition) is 2. The van der Waals surface area contributed by atoms with Crippen molar-refractivity contribution in [3.05, 3.63) is 0 Å². The van der Waals surface area contributed by atoms with Gasteiger partial charge in [0.15, 0.2) is 0 Å². The third kappa shape index (κ3) is 5.38. The summed E-state index contributed by atoms with van der Waals surface area (Å²) in [7, 11) is 1.75. The molecule has 0 aromatic rings. The molecule has 5 heteroatoms. The minimum Gasteiger partial charge on any atom is -0.388 e. The van der Waals surface area contributed by atoms with Crippen LogP contribution in [0.1, 0.15) is 40.0 Å². The van der Waals surface area contributed by atoms with E-state index >= 15 is 0 Å². The summed E-state index contributed by atoms with van der Waals surface area (Å²) in [4.78, 5) is 14.1. The molecule has 1 aliphatic heterocycles. The van der Waals surface area contributed by atoms with Crippen molar-refractivity contribution in [1.29, 1.82) is 0 Å². The number of likely N-dealkylation sites (N-methyl/N-ethyl adjacent to an activating group) is 1. The molecule has 20 heavy (non-hydrogen) atoms. The lowest BCUT2D eigenvalue weighted by Crippen LogP contribution is -2.49. The fraction of sp³-hybridized carbons (Fsp3) is 0.933. The van der Waals surface area contributed by atoms with Crippen LogP contribution in [0, 0.1) is 11.3 Å². The number of nitrogens with two attached hydrogens (primary N) is 1. The highest BCUT2D eigenvalue weighted by Gasteiger charge is 2.34. The normalized spacial score (nSPS) is 20.5. The first-order valence-corrected chi connectivity index (χ1v) is 7.42. The van der Waals surface area contributed by atoms with Crippen LogP contribution in [-0.2, 0) is 9.53 Å². The Bertz CT molecular complexity index is 320. The average Bonchev–Trinajstić information content (AvgIpc) is 2.34. The topological polar surface area (TPSA) is 75.8 Å². The molecular weight excluding hydrogens is 256 g/mol. The summed E-state index contributed by atoms with van der Waals surface area (Å²) in [5.41, 5.74) is 5.00. The Hall–Kier alpha value is -0.650. The first-order valence-electron chi connectivity index (χ1n) is 7.42. The maximum Gasteiger partial charge on any atom is 0.226 e. The zero-order chi connectivity index (χ0) is 15.4. The van der Waals surface area contributed by atoms with Crippen LogP contribution in [-0.4, -0.2) is 54.9 Å². The van der Waals surface area contributed by atoms with Crippen molar-refractivity contribution in [2.75, 3.05) is 33.4 Å². The second kappa shape index (κ2) is 6.87. The highest BCUT2D eigenvalue weighted by atomic mass is 16.5.